The highest BCUT2D eigenvalue weighted by Gasteiger charge is 2.53. The van der Waals surface area contributed by atoms with E-state index in [4.69, 9.17) is 0 Å². The molecular formula is C11H13F3NO4S-. The molecule has 0 heterocycles. The number of alkyl halides is 3. The molecule has 0 fully saturated rings. The van der Waals surface area contributed by atoms with Crippen LogP contribution in [0.25, 0.3) is 0 Å². The molecule has 2 unspecified atom stereocenters. The molecule has 0 bridgehead atoms. The number of hydrogen-bond acceptors (Lipinski definition) is 4. The summed E-state index contributed by atoms with van der Waals surface area (Å²) in [5.74, 6) is -1.40. The summed E-state index contributed by atoms with van der Waals surface area (Å²) < 4.78 is 61.2. The van der Waals surface area contributed by atoms with Gasteiger partial charge in [0.2, 0.25) is 5.71 Å². The van der Waals surface area contributed by atoms with Gasteiger partial charge in [-0.2, -0.15) is 18.1 Å². The first kappa shape index (κ1) is 16.5. The van der Waals surface area contributed by atoms with Crippen LogP contribution in [0.5, 0.6) is 0 Å². The van der Waals surface area contributed by atoms with Gasteiger partial charge in [-0.05, 0) is 6.42 Å². The Kier molecular flexibility index (Phi) is 4.85. The van der Waals surface area contributed by atoms with Crippen molar-refractivity contribution in [2.24, 2.45) is 5.92 Å². The molecule has 0 spiro atoms. The van der Waals surface area contributed by atoms with Crippen molar-refractivity contribution >= 4 is 15.5 Å². The summed E-state index contributed by atoms with van der Waals surface area (Å²) in [4.78, 5) is -0.848. The first-order valence-electron chi connectivity index (χ1n) is 5.79. The van der Waals surface area contributed by atoms with Crippen molar-refractivity contribution in [1.29, 1.82) is 0 Å². The first-order valence-corrected chi connectivity index (χ1v) is 7.33. The van der Waals surface area contributed by atoms with Crippen molar-refractivity contribution in [2.75, 3.05) is 0 Å². The maximum atomic E-state index is 12.7. The second-order valence-electron chi connectivity index (χ2n) is 4.27. The fourth-order valence-corrected chi connectivity index (χ4v) is 3.53. The van der Waals surface area contributed by atoms with Gasteiger partial charge in [0.15, 0.2) is 0 Å². The van der Waals surface area contributed by atoms with Crippen molar-refractivity contribution in [3.05, 3.63) is 34.7 Å². The third-order valence-corrected chi connectivity index (χ3v) is 4.92. The topological polar surface area (TPSA) is 83.3 Å². The van der Waals surface area contributed by atoms with E-state index in [1.165, 1.54) is 19.1 Å². The van der Waals surface area contributed by atoms with Crippen LogP contribution in [-0.4, -0.2) is 29.8 Å². The highest BCUT2D eigenvalue weighted by molar-refractivity contribution is 7.92. The van der Waals surface area contributed by atoms with Gasteiger partial charge in [0.05, 0.1) is 11.2 Å². The molecule has 1 aliphatic carbocycles. The van der Waals surface area contributed by atoms with Gasteiger partial charge in [-0.3, -0.25) is 0 Å². The minimum Gasteiger partial charge on any atom is -0.612 e. The fraction of sp³-hybridized carbons (Fsp3) is 0.545. The normalized spacial score (nSPS) is 21.0. The molecule has 0 radical (unpaired) electrons. The van der Waals surface area contributed by atoms with Crippen LogP contribution in [0.2, 0.25) is 0 Å². The molecular weight excluding hydrogens is 299 g/mol. The molecule has 20 heavy (non-hydrogen) atoms. The van der Waals surface area contributed by atoms with Crippen molar-refractivity contribution in [3.63, 3.8) is 0 Å². The highest BCUT2D eigenvalue weighted by atomic mass is 32.2. The maximum absolute atomic E-state index is 12.7. The lowest BCUT2D eigenvalue weighted by molar-refractivity contribution is -0.380. The van der Waals surface area contributed by atoms with Crippen LogP contribution in [0, 0.1) is 16.3 Å². The van der Waals surface area contributed by atoms with E-state index in [0.717, 1.165) is 12.2 Å². The predicted octanol–water partition coefficient (Wildman–Crippen LogP) is 2.28. The van der Waals surface area contributed by atoms with Gasteiger partial charge in [0.25, 0.3) is 9.84 Å². The SMILES string of the molecule is CCCC(C1C=CC=CC1=[N+]([O-])[O-])S(=O)(=O)C(F)(F)F. The van der Waals surface area contributed by atoms with E-state index in [-0.39, 0.29) is 12.8 Å². The largest absolute Gasteiger partial charge is 0.612 e. The summed E-state index contributed by atoms with van der Waals surface area (Å²) >= 11 is 0. The zero-order valence-electron chi connectivity index (χ0n) is 10.5. The number of sulfone groups is 1. The molecule has 9 heteroatoms. The monoisotopic (exact) mass is 312 g/mol. The first-order chi connectivity index (χ1) is 9.13. The van der Waals surface area contributed by atoms with E-state index in [1.807, 2.05) is 0 Å². The molecule has 0 aromatic rings. The van der Waals surface area contributed by atoms with Crippen molar-refractivity contribution in [3.8, 4) is 0 Å². The van der Waals surface area contributed by atoms with E-state index >= 15 is 0 Å². The molecule has 1 rings (SSSR count). The van der Waals surface area contributed by atoms with Crippen LogP contribution in [0.3, 0.4) is 0 Å². The van der Waals surface area contributed by atoms with Gasteiger partial charge >= 0.3 is 5.51 Å². The Labute approximate surface area is 114 Å². The van der Waals surface area contributed by atoms with E-state index < -0.39 is 37.1 Å². The number of allylic oxidation sites excluding steroid dienone is 4. The quantitative estimate of drug-likeness (QED) is 0.589. The summed E-state index contributed by atoms with van der Waals surface area (Å²) in [6.07, 6.45) is 4.62. The van der Waals surface area contributed by atoms with Crippen LogP contribution in [0.4, 0.5) is 13.2 Å². The third-order valence-electron chi connectivity index (χ3n) is 2.94. The van der Waals surface area contributed by atoms with Crippen molar-refractivity contribution in [2.45, 2.75) is 30.5 Å². The number of nitrogens with zero attached hydrogens (tertiary/aromatic N) is 1. The van der Waals surface area contributed by atoms with Gasteiger partial charge in [0.1, 0.15) is 0 Å². The molecule has 0 amide bonds. The average molecular weight is 312 g/mol. The van der Waals surface area contributed by atoms with Crippen LogP contribution in [-0.2, 0) is 9.84 Å². The Bertz CT molecular complexity index is 545. The van der Waals surface area contributed by atoms with Crippen LogP contribution < -0.4 is 0 Å². The maximum Gasteiger partial charge on any atom is 0.497 e. The summed E-state index contributed by atoms with van der Waals surface area (Å²) in [5, 5.41) is 19.8. The van der Waals surface area contributed by atoms with Crippen molar-refractivity contribution in [1.82, 2.24) is 0 Å². The van der Waals surface area contributed by atoms with E-state index in [2.05, 4.69) is 0 Å². The van der Waals surface area contributed by atoms with Gasteiger partial charge in [0, 0.05) is 6.08 Å². The van der Waals surface area contributed by atoms with Gasteiger partial charge < -0.3 is 10.4 Å². The zero-order chi connectivity index (χ0) is 15.6. The van der Waals surface area contributed by atoms with E-state index in [9.17, 15) is 32.0 Å². The Balaban J connectivity index is 3.32. The molecule has 0 saturated carbocycles. The van der Waals surface area contributed by atoms with Crippen LogP contribution in [0.15, 0.2) is 24.3 Å². The Morgan fingerprint density at radius 1 is 1.35 bits per heavy atom. The van der Waals surface area contributed by atoms with Crippen LogP contribution >= 0.6 is 0 Å². The minimum absolute atomic E-state index is 0.166. The second-order valence-corrected chi connectivity index (χ2v) is 6.43. The molecule has 1 aliphatic rings. The predicted molar refractivity (Wildman–Crippen MR) is 67.4 cm³/mol. The molecule has 0 aromatic heterocycles. The Hall–Kier alpha value is -1.51. The lowest BCUT2D eigenvalue weighted by atomic mass is 9.92. The molecule has 2 atom stereocenters. The van der Waals surface area contributed by atoms with E-state index in [1.54, 1.807) is 0 Å². The number of rotatable bonds is 4. The molecule has 0 N–H and O–H groups in total. The Morgan fingerprint density at radius 2 is 1.95 bits per heavy atom. The zero-order valence-corrected chi connectivity index (χ0v) is 11.3. The van der Waals surface area contributed by atoms with Gasteiger partial charge in [-0.25, -0.2) is 8.42 Å². The smallest absolute Gasteiger partial charge is 0.497 e. The summed E-state index contributed by atoms with van der Waals surface area (Å²) in [6.45, 7) is 1.52. The van der Waals surface area contributed by atoms with Crippen molar-refractivity contribution < 1.29 is 26.5 Å². The van der Waals surface area contributed by atoms with Gasteiger partial charge in [-0.15, -0.1) is 0 Å². The van der Waals surface area contributed by atoms with Gasteiger partial charge in [-0.1, -0.05) is 31.6 Å². The number of halogens is 3. The Morgan fingerprint density at radius 3 is 2.40 bits per heavy atom. The second kappa shape index (κ2) is 5.86. The summed E-state index contributed by atoms with van der Waals surface area (Å²) in [5.41, 5.74) is -5.97. The lowest BCUT2D eigenvalue weighted by Gasteiger charge is -2.26. The molecule has 0 saturated heterocycles. The number of hydrogen-bond donors (Lipinski definition) is 0. The highest BCUT2D eigenvalue weighted by Crippen LogP contribution is 2.34. The minimum atomic E-state index is -5.48. The van der Waals surface area contributed by atoms with E-state index in [0.29, 0.717) is 0 Å². The molecule has 114 valence electrons. The third kappa shape index (κ3) is 3.14. The fourth-order valence-electron chi connectivity index (χ4n) is 2.03. The summed E-state index contributed by atoms with van der Waals surface area (Å²) in [7, 11) is -5.48. The lowest BCUT2D eigenvalue weighted by Crippen LogP contribution is -2.42. The molecule has 5 nitrogen and oxygen atoms in total. The molecule has 0 aliphatic heterocycles. The standard InChI is InChI=1S/C11H13F3NO4S/c1-2-5-10(20(18,19)11(12,13)14)8-6-3-4-7-9(8)15(16)17/h3-4,6-8,10H,2,5H2,1H3/q-1. The summed E-state index contributed by atoms with van der Waals surface area (Å²) in [6, 6.07) is 0. The average Bonchev–Trinajstić information content (AvgIpc) is 2.34. The molecule has 0 aromatic carbocycles. The van der Waals surface area contributed by atoms with Crippen LogP contribution in [0.1, 0.15) is 19.8 Å².